The van der Waals surface area contributed by atoms with Crippen LogP contribution in [0.1, 0.15) is 6.92 Å². The van der Waals surface area contributed by atoms with Crippen molar-refractivity contribution >= 4 is 5.91 Å². The summed E-state index contributed by atoms with van der Waals surface area (Å²) in [6, 6.07) is 9.44. The Labute approximate surface area is 103 Å². The fourth-order valence-corrected chi connectivity index (χ4v) is 1.38. The lowest BCUT2D eigenvalue weighted by atomic mass is 10.3. The van der Waals surface area contributed by atoms with Gasteiger partial charge in [0.2, 0.25) is 5.91 Å². The first-order valence-electron chi connectivity index (χ1n) is 5.75. The quantitative estimate of drug-likeness (QED) is 0.805. The van der Waals surface area contributed by atoms with Crippen molar-refractivity contribution in [1.82, 2.24) is 10.2 Å². The van der Waals surface area contributed by atoms with Gasteiger partial charge >= 0.3 is 0 Å². The monoisotopic (exact) mass is 236 g/mol. The van der Waals surface area contributed by atoms with Crippen molar-refractivity contribution in [3.05, 3.63) is 30.3 Å². The molecule has 0 aliphatic heterocycles. The molecule has 0 aliphatic carbocycles. The third-order valence-electron chi connectivity index (χ3n) is 2.62. The maximum atomic E-state index is 11.7. The molecule has 0 spiro atoms. The van der Waals surface area contributed by atoms with Gasteiger partial charge in [-0.25, -0.2) is 0 Å². The zero-order valence-corrected chi connectivity index (χ0v) is 10.6. The van der Waals surface area contributed by atoms with E-state index in [1.165, 1.54) is 0 Å². The van der Waals surface area contributed by atoms with Crippen molar-refractivity contribution < 1.29 is 9.53 Å². The van der Waals surface area contributed by atoms with Gasteiger partial charge in [0.05, 0.1) is 12.6 Å². The summed E-state index contributed by atoms with van der Waals surface area (Å²) in [6.45, 7) is 2.93. The molecule has 0 aromatic heterocycles. The highest BCUT2D eigenvalue weighted by Gasteiger charge is 2.14. The van der Waals surface area contributed by atoms with Gasteiger partial charge in [-0.05, 0) is 26.1 Å². The molecule has 1 atom stereocenters. The van der Waals surface area contributed by atoms with Crippen LogP contribution in [-0.2, 0) is 4.79 Å². The minimum absolute atomic E-state index is 0.0733. The van der Waals surface area contributed by atoms with E-state index in [9.17, 15) is 4.79 Å². The smallest absolute Gasteiger partial charge is 0.239 e. The Morgan fingerprint density at radius 2 is 2.06 bits per heavy atom. The Kier molecular flexibility index (Phi) is 5.49. The maximum absolute atomic E-state index is 11.7. The lowest BCUT2D eigenvalue weighted by Crippen LogP contribution is -2.43. The molecule has 1 aromatic carbocycles. The molecule has 0 radical (unpaired) electrons. The van der Waals surface area contributed by atoms with Crippen LogP contribution in [0.4, 0.5) is 0 Å². The van der Waals surface area contributed by atoms with E-state index < -0.39 is 0 Å². The van der Waals surface area contributed by atoms with Crippen molar-refractivity contribution in [3.8, 4) is 5.75 Å². The average Bonchev–Trinajstić information content (AvgIpc) is 2.38. The molecule has 0 saturated carbocycles. The molecule has 1 rings (SSSR count). The Balaban J connectivity index is 2.29. The van der Waals surface area contributed by atoms with Gasteiger partial charge in [-0.2, -0.15) is 0 Å². The second-order valence-electron chi connectivity index (χ2n) is 3.93. The van der Waals surface area contributed by atoms with Crippen LogP contribution in [0, 0.1) is 0 Å². The van der Waals surface area contributed by atoms with Gasteiger partial charge < -0.3 is 15.0 Å². The first-order chi connectivity index (χ1) is 8.15. The molecule has 4 nitrogen and oxygen atoms in total. The molecule has 94 valence electrons. The third-order valence-corrected chi connectivity index (χ3v) is 2.62. The van der Waals surface area contributed by atoms with Crippen LogP contribution in [0.3, 0.4) is 0 Å². The Bertz CT molecular complexity index is 341. The van der Waals surface area contributed by atoms with E-state index >= 15 is 0 Å². The molecule has 1 aromatic rings. The van der Waals surface area contributed by atoms with Gasteiger partial charge in [0.1, 0.15) is 12.4 Å². The molecule has 0 bridgehead atoms. The first kappa shape index (κ1) is 13.5. The van der Waals surface area contributed by atoms with E-state index in [0.717, 1.165) is 5.75 Å². The van der Waals surface area contributed by atoms with Crippen molar-refractivity contribution in [3.63, 3.8) is 0 Å². The molecule has 0 aliphatic rings. The van der Waals surface area contributed by atoms with Crippen molar-refractivity contribution in [2.24, 2.45) is 0 Å². The van der Waals surface area contributed by atoms with E-state index in [2.05, 4.69) is 5.32 Å². The number of carbonyl (C=O) groups excluding carboxylic acids is 1. The molecule has 0 heterocycles. The summed E-state index contributed by atoms with van der Waals surface area (Å²) >= 11 is 0. The van der Waals surface area contributed by atoms with Gasteiger partial charge in [0, 0.05) is 7.05 Å². The normalized spacial score (nSPS) is 11.9. The lowest BCUT2D eigenvalue weighted by molar-refractivity contribution is -0.131. The number of amides is 1. The zero-order chi connectivity index (χ0) is 12.7. The molecule has 1 unspecified atom stereocenters. The van der Waals surface area contributed by atoms with Crippen LogP contribution >= 0.6 is 0 Å². The van der Waals surface area contributed by atoms with Crippen molar-refractivity contribution in [2.75, 3.05) is 27.2 Å². The highest BCUT2D eigenvalue weighted by molar-refractivity contribution is 5.81. The van der Waals surface area contributed by atoms with Crippen LogP contribution in [-0.4, -0.2) is 44.1 Å². The number of likely N-dealkylation sites (N-methyl/N-ethyl adjacent to an activating group) is 2. The van der Waals surface area contributed by atoms with Gasteiger partial charge in [0.15, 0.2) is 0 Å². The summed E-state index contributed by atoms with van der Waals surface area (Å²) < 4.78 is 5.53. The fourth-order valence-electron chi connectivity index (χ4n) is 1.38. The topological polar surface area (TPSA) is 41.6 Å². The Morgan fingerprint density at radius 1 is 1.41 bits per heavy atom. The lowest BCUT2D eigenvalue weighted by Gasteiger charge is -2.21. The highest BCUT2D eigenvalue weighted by atomic mass is 16.5. The second kappa shape index (κ2) is 6.91. The van der Waals surface area contributed by atoms with Gasteiger partial charge in [-0.3, -0.25) is 4.79 Å². The van der Waals surface area contributed by atoms with Crippen LogP contribution in [0.25, 0.3) is 0 Å². The van der Waals surface area contributed by atoms with E-state index in [-0.39, 0.29) is 11.9 Å². The summed E-state index contributed by atoms with van der Waals surface area (Å²) in [5.74, 6) is 0.902. The summed E-state index contributed by atoms with van der Waals surface area (Å²) in [6.07, 6.45) is 0. The van der Waals surface area contributed by atoms with Crippen LogP contribution < -0.4 is 10.1 Å². The highest BCUT2D eigenvalue weighted by Crippen LogP contribution is 2.07. The van der Waals surface area contributed by atoms with Gasteiger partial charge in [0.25, 0.3) is 0 Å². The number of nitrogens with one attached hydrogen (secondary N) is 1. The maximum Gasteiger partial charge on any atom is 0.239 e. The largest absolute Gasteiger partial charge is 0.492 e. The van der Waals surface area contributed by atoms with Crippen LogP contribution in [0.5, 0.6) is 5.75 Å². The third kappa shape index (κ3) is 4.44. The van der Waals surface area contributed by atoms with Crippen LogP contribution in [0.2, 0.25) is 0 Å². The minimum Gasteiger partial charge on any atom is -0.492 e. The van der Waals surface area contributed by atoms with E-state index in [0.29, 0.717) is 13.2 Å². The summed E-state index contributed by atoms with van der Waals surface area (Å²) in [5.41, 5.74) is 0. The number of carbonyl (C=O) groups is 1. The van der Waals surface area contributed by atoms with E-state index in [4.69, 9.17) is 4.74 Å². The Hall–Kier alpha value is -1.55. The first-order valence-corrected chi connectivity index (χ1v) is 5.75. The number of rotatable bonds is 6. The molecule has 1 N–H and O–H groups in total. The molecule has 0 saturated heterocycles. The molecule has 0 fully saturated rings. The number of ether oxygens (including phenoxy) is 1. The SMILES string of the molecule is CNC(C)C(=O)N(C)CCOc1ccccc1. The zero-order valence-electron chi connectivity index (χ0n) is 10.6. The van der Waals surface area contributed by atoms with Gasteiger partial charge in [-0.15, -0.1) is 0 Å². The molecular formula is C13H20N2O2. The summed E-state index contributed by atoms with van der Waals surface area (Å²) in [7, 11) is 3.56. The average molecular weight is 236 g/mol. The molecular weight excluding hydrogens is 216 g/mol. The van der Waals surface area contributed by atoms with Crippen molar-refractivity contribution in [2.45, 2.75) is 13.0 Å². The van der Waals surface area contributed by atoms with Crippen molar-refractivity contribution in [1.29, 1.82) is 0 Å². The number of hydrogen-bond acceptors (Lipinski definition) is 3. The Morgan fingerprint density at radius 3 is 2.65 bits per heavy atom. The number of para-hydroxylation sites is 1. The summed E-state index contributed by atoms with van der Waals surface area (Å²) in [4.78, 5) is 13.4. The molecule has 1 amide bonds. The number of benzene rings is 1. The van der Waals surface area contributed by atoms with E-state index in [1.807, 2.05) is 37.3 Å². The summed E-state index contributed by atoms with van der Waals surface area (Å²) in [5, 5.41) is 2.92. The standard InChI is InChI=1S/C13H20N2O2/c1-11(14-2)13(16)15(3)9-10-17-12-7-5-4-6-8-12/h4-8,11,14H,9-10H2,1-3H3. The van der Waals surface area contributed by atoms with E-state index in [1.54, 1.807) is 19.0 Å². The molecule has 4 heteroatoms. The van der Waals surface area contributed by atoms with Gasteiger partial charge in [-0.1, -0.05) is 18.2 Å². The van der Waals surface area contributed by atoms with Crippen LogP contribution in [0.15, 0.2) is 30.3 Å². The molecule has 17 heavy (non-hydrogen) atoms. The predicted octanol–water partition coefficient (Wildman–Crippen LogP) is 1.13. The second-order valence-corrected chi connectivity index (χ2v) is 3.93. The predicted molar refractivity (Wildman–Crippen MR) is 68.1 cm³/mol. The fraction of sp³-hybridized carbons (Fsp3) is 0.462. The minimum atomic E-state index is -0.156. The number of hydrogen-bond donors (Lipinski definition) is 1. The number of nitrogens with zero attached hydrogens (tertiary/aromatic N) is 1.